The quantitative estimate of drug-likeness (QED) is 0.583. The highest BCUT2D eigenvalue weighted by Gasteiger charge is 2.21. The summed E-state index contributed by atoms with van der Waals surface area (Å²) in [5, 5.41) is 13.6. The van der Waals surface area contributed by atoms with Gasteiger partial charge in [0.2, 0.25) is 10.0 Å². The summed E-state index contributed by atoms with van der Waals surface area (Å²) < 4.78 is 26.6. The number of aromatic nitrogens is 6. The third-order valence-corrected chi connectivity index (χ3v) is 4.75. The standard InChI is InChI=1S/C15H13N7O2S/c1-10-14(25(16,23)24)15-18-7-12(9-22(15)20-10)11-5-13(8-17-6-11)21-4-2-3-19-21/h2-9H,1H3,(H2,16,23,24). The van der Waals surface area contributed by atoms with E-state index in [9.17, 15) is 8.42 Å². The number of aryl methyl sites for hydroxylation is 1. The molecule has 0 spiro atoms. The van der Waals surface area contributed by atoms with Gasteiger partial charge in [0.25, 0.3) is 0 Å². The van der Waals surface area contributed by atoms with Crippen LogP contribution in [0.4, 0.5) is 0 Å². The van der Waals surface area contributed by atoms with Gasteiger partial charge in [0.05, 0.1) is 17.6 Å². The maximum Gasteiger partial charge on any atom is 0.243 e. The van der Waals surface area contributed by atoms with Gasteiger partial charge in [-0.2, -0.15) is 10.2 Å². The van der Waals surface area contributed by atoms with E-state index in [1.165, 1.54) is 4.52 Å². The molecule has 0 atom stereocenters. The van der Waals surface area contributed by atoms with Crippen molar-refractivity contribution in [3.63, 3.8) is 0 Å². The molecular formula is C15H13N7O2S. The van der Waals surface area contributed by atoms with E-state index in [1.54, 1.807) is 42.6 Å². The summed E-state index contributed by atoms with van der Waals surface area (Å²) in [5.74, 6) is 0. The zero-order valence-electron chi connectivity index (χ0n) is 13.1. The van der Waals surface area contributed by atoms with Crippen LogP contribution in [-0.2, 0) is 10.0 Å². The molecule has 25 heavy (non-hydrogen) atoms. The lowest BCUT2D eigenvalue weighted by Gasteiger charge is -2.05. The van der Waals surface area contributed by atoms with Crippen LogP contribution in [0.5, 0.6) is 0 Å². The van der Waals surface area contributed by atoms with Crippen LogP contribution in [0.15, 0.2) is 54.2 Å². The largest absolute Gasteiger partial charge is 0.262 e. The molecule has 0 saturated carbocycles. The smallest absolute Gasteiger partial charge is 0.243 e. The van der Waals surface area contributed by atoms with Crippen molar-refractivity contribution < 1.29 is 8.42 Å². The second-order valence-corrected chi connectivity index (χ2v) is 6.95. The zero-order chi connectivity index (χ0) is 17.6. The van der Waals surface area contributed by atoms with Crippen molar-refractivity contribution in [3.05, 3.63) is 55.0 Å². The highest BCUT2D eigenvalue weighted by Crippen LogP contribution is 2.23. The predicted octanol–water partition coefficient (Wildman–Crippen LogP) is 0.933. The Kier molecular flexibility index (Phi) is 3.37. The third-order valence-electron chi connectivity index (χ3n) is 3.70. The maximum atomic E-state index is 11.7. The molecule has 0 saturated heterocycles. The second-order valence-electron chi connectivity index (χ2n) is 5.45. The lowest BCUT2D eigenvalue weighted by atomic mass is 10.1. The van der Waals surface area contributed by atoms with Gasteiger partial charge >= 0.3 is 0 Å². The van der Waals surface area contributed by atoms with E-state index in [0.717, 1.165) is 16.8 Å². The van der Waals surface area contributed by atoms with E-state index < -0.39 is 10.0 Å². The van der Waals surface area contributed by atoms with E-state index in [-0.39, 0.29) is 10.5 Å². The molecule has 0 aliphatic heterocycles. The van der Waals surface area contributed by atoms with Gasteiger partial charge in [0, 0.05) is 42.1 Å². The lowest BCUT2D eigenvalue weighted by Crippen LogP contribution is -2.13. The minimum atomic E-state index is -3.90. The number of nitrogens with two attached hydrogens (primary N) is 1. The van der Waals surface area contributed by atoms with E-state index in [4.69, 9.17) is 5.14 Å². The number of nitrogens with zero attached hydrogens (tertiary/aromatic N) is 6. The average Bonchev–Trinajstić information content (AvgIpc) is 3.20. The Labute approximate surface area is 142 Å². The first-order valence-electron chi connectivity index (χ1n) is 7.27. The Hall–Kier alpha value is -3.11. The van der Waals surface area contributed by atoms with Crippen LogP contribution in [0.25, 0.3) is 22.5 Å². The van der Waals surface area contributed by atoms with Crippen LogP contribution >= 0.6 is 0 Å². The highest BCUT2D eigenvalue weighted by molar-refractivity contribution is 7.89. The summed E-state index contributed by atoms with van der Waals surface area (Å²) in [6.07, 6.45) is 10.1. The van der Waals surface area contributed by atoms with Crippen molar-refractivity contribution in [2.24, 2.45) is 5.14 Å². The van der Waals surface area contributed by atoms with Crippen molar-refractivity contribution in [1.82, 2.24) is 29.4 Å². The van der Waals surface area contributed by atoms with Crippen LogP contribution in [0, 0.1) is 6.92 Å². The Balaban J connectivity index is 1.85. The van der Waals surface area contributed by atoms with Crippen molar-refractivity contribution in [2.75, 3.05) is 0 Å². The molecule has 0 unspecified atom stereocenters. The Bertz CT molecular complexity index is 1180. The normalized spacial score (nSPS) is 11.9. The fraction of sp³-hybridized carbons (Fsp3) is 0.0667. The molecule has 0 amide bonds. The molecule has 0 fully saturated rings. The number of rotatable bonds is 3. The van der Waals surface area contributed by atoms with Gasteiger partial charge in [0.15, 0.2) is 5.65 Å². The Morgan fingerprint density at radius 3 is 2.72 bits per heavy atom. The first kappa shape index (κ1) is 15.4. The van der Waals surface area contributed by atoms with Gasteiger partial charge < -0.3 is 0 Å². The molecule has 0 aromatic carbocycles. The summed E-state index contributed by atoms with van der Waals surface area (Å²) in [5.41, 5.74) is 2.82. The summed E-state index contributed by atoms with van der Waals surface area (Å²) in [6.45, 7) is 1.58. The first-order valence-corrected chi connectivity index (χ1v) is 8.81. The Morgan fingerprint density at radius 1 is 1.16 bits per heavy atom. The molecule has 4 aromatic rings. The minimum Gasteiger partial charge on any atom is -0.262 e. The summed E-state index contributed by atoms with van der Waals surface area (Å²) in [4.78, 5) is 8.39. The van der Waals surface area contributed by atoms with Crippen molar-refractivity contribution in [1.29, 1.82) is 0 Å². The lowest BCUT2D eigenvalue weighted by molar-refractivity contribution is 0.598. The number of pyridine rings is 1. The average molecular weight is 355 g/mol. The fourth-order valence-electron chi connectivity index (χ4n) is 2.64. The van der Waals surface area contributed by atoms with Gasteiger partial charge in [-0.1, -0.05) is 0 Å². The first-order chi connectivity index (χ1) is 11.9. The van der Waals surface area contributed by atoms with Gasteiger partial charge in [-0.05, 0) is 19.1 Å². The molecular weight excluding hydrogens is 342 g/mol. The van der Waals surface area contributed by atoms with Crippen LogP contribution in [0.2, 0.25) is 0 Å². The van der Waals surface area contributed by atoms with E-state index in [0.29, 0.717) is 5.69 Å². The molecule has 0 bridgehead atoms. The second kappa shape index (κ2) is 5.46. The molecule has 4 aromatic heterocycles. The number of hydrogen-bond acceptors (Lipinski definition) is 6. The molecule has 4 rings (SSSR count). The monoisotopic (exact) mass is 355 g/mol. The van der Waals surface area contributed by atoms with Crippen LogP contribution < -0.4 is 5.14 Å². The van der Waals surface area contributed by atoms with Crippen LogP contribution in [-0.4, -0.2) is 37.8 Å². The predicted molar refractivity (Wildman–Crippen MR) is 89.5 cm³/mol. The van der Waals surface area contributed by atoms with Crippen LogP contribution in [0.3, 0.4) is 0 Å². The number of primary sulfonamides is 1. The minimum absolute atomic E-state index is 0.0672. The fourth-order valence-corrected chi connectivity index (χ4v) is 3.49. The molecule has 0 aliphatic rings. The summed E-state index contributed by atoms with van der Waals surface area (Å²) in [7, 11) is -3.90. The third kappa shape index (κ3) is 2.66. The molecule has 4 heterocycles. The van der Waals surface area contributed by atoms with Gasteiger partial charge in [-0.3, -0.25) is 4.98 Å². The zero-order valence-corrected chi connectivity index (χ0v) is 13.9. The molecule has 10 heteroatoms. The highest BCUT2D eigenvalue weighted by atomic mass is 32.2. The summed E-state index contributed by atoms with van der Waals surface area (Å²) >= 11 is 0. The SMILES string of the molecule is Cc1nn2cc(-c3cncc(-n4cccn4)c3)cnc2c1S(N)(=O)=O. The number of fused-ring (bicyclic) bond motifs is 1. The van der Waals surface area contributed by atoms with Crippen molar-refractivity contribution in [3.8, 4) is 16.8 Å². The van der Waals surface area contributed by atoms with Gasteiger partial charge in [0.1, 0.15) is 4.90 Å². The Morgan fingerprint density at radius 2 is 2.00 bits per heavy atom. The van der Waals surface area contributed by atoms with Gasteiger partial charge in [-0.25, -0.2) is 27.7 Å². The maximum absolute atomic E-state index is 11.7. The van der Waals surface area contributed by atoms with Crippen molar-refractivity contribution >= 4 is 15.7 Å². The van der Waals surface area contributed by atoms with Crippen LogP contribution in [0.1, 0.15) is 5.69 Å². The van der Waals surface area contributed by atoms with E-state index in [2.05, 4.69) is 20.2 Å². The summed E-state index contributed by atoms with van der Waals surface area (Å²) in [6, 6.07) is 3.72. The topological polar surface area (TPSA) is 121 Å². The van der Waals surface area contributed by atoms with Crippen molar-refractivity contribution in [2.45, 2.75) is 11.8 Å². The van der Waals surface area contributed by atoms with E-state index in [1.807, 2.05) is 18.3 Å². The van der Waals surface area contributed by atoms with Gasteiger partial charge in [-0.15, -0.1) is 0 Å². The van der Waals surface area contributed by atoms with E-state index >= 15 is 0 Å². The molecule has 126 valence electrons. The molecule has 2 N–H and O–H groups in total. The molecule has 9 nitrogen and oxygen atoms in total. The number of hydrogen-bond donors (Lipinski definition) is 1. The number of sulfonamides is 1. The molecule has 0 aliphatic carbocycles. The molecule has 0 radical (unpaired) electrons.